The number of hydrogen-bond acceptors (Lipinski definition) is 12. The molecule has 0 heterocycles. The van der Waals surface area contributed by atoms with Gasteiger partial charge in [0.25, 0.3) is 0 Å². The number of rotatable bonds is 26. The molecule has 0 aromatic heterocycles. The first-order valence-corrected chi connectivity index (χ1v) is 18.3. The Morgan fingerprint density at radius 3 is 1.31 bits per heavy atom. The lowest BCUT2D eigenvalue weighted by Crippen LogP contribution is -2.34. The third-order valence-corrected chi connectivity index (χ3v) is 7.39. The quantitative estimate of drug-likeness (QED) is 0.0719. The Morgan fingerprint density at radius 2 is 1.04 bits per heavy atom. The number of nitrogens with one attached hydrogen (secondary N) is 1. The van der Waals surface area contributed by atoms with Gasteiger partial charge in [0.2, 0.25) is 0 Å². The third kappa shape index (κ3) is 48.1. The zero-order chi connectivity index (χ0) is 43.2. The Balaban J connectivity index is -0.000000186. The molecule has 0 saturated heterocycles. The Morgan fingerprint density at radius 1 is 0.537 bits per heavy atom. The molecule has 0 spiro atoms. The minimum Gasteiger partial charge on any atom is -0.481 e. The van der Waals surface area contributed by atoms with E-state index in [1.54, 1.807) is 14.0 Å². The molecule has 4 unspecified atom stereocenters. The largest absolute Gasteiger partial charge is 0.481 e. The van der Waals surface area contributed by atoms with Gasteiger partial charge in [0.15, 0.2) is 5.78 Å². The Bertz CT molecular complexity index is 1020. The maximum atomic E-state index is 10.8. The Hall–Kier alpha value is -3.89. The maximum absolute atomic E-state index is 10.8. The Labute approximate surface area is 321 Å². The van der Waals surface area contributed by atoms with E-state index in [-0.39, 0.29) is 66.6 Å². The summed E-state index contributed by atoms with van der Waals surface area (Å²) in [4.78, 5) is 93.7. The van der Waals surface area contributed by atoms with Crippen LogP contribution in [-0.2, 0) is 52.6 Å². The van der Waals surface area contributed by atoms with Crippen LogP contribution in [0.1, 0.15) is 133 Å². The molecule has 0 aliphatic heterocycles. The summed E-state index contributed by atoms with van der Waals surface area (Å²) in [7, 11) is 1.57. The highest BCUT2D eigenvalue weighted by Gasteiger charge is 2.17. The van der Waals surface area contributed by atoms with Crippen molar-refractivity contribution in [3.8, 4) is 0 Å². The molecule has 0 amide bonds. The van der Waals surface area contributed by atoms with Gasteiger partial charge >= 0.3 is 23.9 Å². The predicted molar refractivity (Wildman–Crippen MR) is 202 cm³/mol. The minimum atomic E-state index is -0.909. The average molecular weight is 780 g/mol. The molecule has 0 saturated carbocycles. The highest BCUT2D eigenvalue weighted by Crippen LogP contribution is 2.11. The molecule has 0 fully saturated rings. The molecule has 0 rings (SSSR count). The summed E-state index contributed by atoms with van der Waals surface area (Å²) in [5.41, 5.74) is 0. The van der Waals surface area contributed by atoms with Crippen molar-refractivity contribution in [1.82, 2.24) is 5.32 Å². The summed E-state index contributed by atoms with van der Waals surface area (Å²) in [5, 5.41) is 36.2. The average Bonchev–Trinajstić information content (AvgIpc) is 3.06. The number of carboxylic acid groups (broad SMARTS) is 4. The van der Waals surface area contributed by atoms with Gasteiger partial charge in [0.05, 0.1) is 25.6 Å². The second kappa shape index (κ2) is 40.3. The molecule has 0 radical (unpaired) electrons. The number of hydrogen-bond donors (Lipinski definition) is 5. The molecular weight excluding hydrogens is 710 g/mol. The molecule has 316 valence electrons. The first-order valence-electron chi connectivity index (χ1n) is 18.3. The van der Waals surface area contributed by atoms with Crippen molar-refractivity contribution in [3.63, 3.8) is 0 Å². The molecule has 0 aliphatic carbocycles. The van der Waals surface area contributed by atoms with Crippen molar-refractivity contribution >= 4 is 52.8 Å². The van der Waals surface area contributed by atoms with Gasteiger partial charge in [-0.25, -0.2) is 0 Å². The standard InChI is InChI=1S/C9H18O3.C8H14O3.C7H13NO3.2C7H12O3/c1-3-4-5-11-6-7-12-8-9(2)10;1-3-7(6(2)9)4-5-8(10)11;1-5(9)3-4-6(8-2)7(10)11;1-3-6(5(2)8)4-7(9)10;1-3-6(7(9)10)4-5(2)8/h3-8H2,1-2H3;7H,3-5H2,1-2H3,(H,10,11);6,8H,3-4H2,1-2H3,(H,10,11);2*6H,3-4H2,1-2H3,(H,9,10). The van der Waals surface area contributed by atoms with E-state index in [0.29, 0.717) is 45.3 Å². The number of ketones is 5. The summed E-state index contributed by atoms with van der Waals surface area (Å²) >= 11 is 0. The lowest BCUT2D eigenvalue weighted by Gasteiger charge is -2.08. The topological polar surface area (TPSA) is 265 Å². The van der Waals surface area contributed by atoms with E-state index in [2.05, 4.69) is 12.2 Å². The molecule has 16 heteroatoms. The van der Waals surface area contributed by atoms with Gasteiger partial charge in [-0.1, -0.05) is 34.1 Å². The summed E-state index contributed by atoms with van der Waals surface area (Å²) in [6.07, 6.45) is 5.48. The van der Waals surface area contributed by atoms with E-state index >= 15 is 0 Å². The number of carbonyl (C=O) groups excluding carboxylic acids is 5. The van der Waals surface area contributed by atoms with E-state index in [4.69, 9.17) is 29.9 Å². The summed E-state index contributed by atoms with van der Waals surface area (Å²) in [5.74, 6) is -4.29. The number of Topliss-reactive ketones (excluding diaryl/α,β-unsaturated/α-hetero) is 5. The highest BCUT2D eigenvalue weighted by atomic mass is 16.5. The normalized spacial score (nSPS) is 12.0. The molecule has 4 atom stereocenters. The van der Waals surface area contributed by atoms with Crippen LogP contribution in [0.2, 0.25) is 0 Å². The molecule has 0 aromatic rings. The van der Waals surface area contributed by atoms with E-state index in [9.17, 15) is 43.2 Å². The van der Waals surface area contributed by atoms with Crippen LogP contribution < -0.4 is 5.32 Å². The number of ether oxygens (including phenoxy) is 2. The number of aliphatic carboxylic acids is 4. The number of likely N-dealkylation sites (N-methyl/N-ethyl adjacent to an activating group) is 1. The molecule has 0 aliphatic rings. The van der Waals surface area contributed by atoms with Gasteiger partial charge in [-0.15, -0.1) is 0 Å². The van der Waals surface area contributed by atoms with Crippen molar-refractivity contribution in [2.45, 2.75) is 139 Å². The minimum absolute atomic E-state index is 0.0199. The smallest absolute Gasteiger partial charge is 0.320 e. The molecule has 16 nitrogen and oxygen atoms in total. The summed E-state index contributed by atoms with van der Waals surface area (Å²) in [6, 6.07) is -0.598. The highest BCUT2D eigenvalue weighted by molar-refractivity contribution is 5.83. The predicted octanol–water partition coefficient (Wildman–Crippen LogP) is 5.06. The van der Waals surface area contributed by atoms with E-state index in [0.717, 1.165) is 25.9 Å². The van der Waals surface area contributed by atoms with E-state index < -0.39 is 35.8 Å². The first-order chi connectivity index (χ1) is 25.1. The molecule has 0 bridgehead atoms. The van der Waals surface area contributed by atoms with Crippen LogP contribution in [0.4, 0.5) is 0 Å². The molecule has 54 heavy (non-hydrogen) atoms. The maximum Gasteiger partial charge on any atom is 0.320 e. The van der Waals surface area contributed by atoms with Crippen LogP contribution in [-0.4, -0.2) is 113 Å². The lowest BCUT2D eigenvalue weighted by molar-refractivity contribution is -0.143. The van der Waals surface area contributed by atoms with Gasteiger partial charge in [-0.3, -0.25) is 33.6 Å². The van der Waals surface area contributed by atoms with E-state index in [1.807, 2.05) is 13.8 Å². The van der Waals surface area contributed by atoms with Crippen LogP contribution in [0.5, 0.6) is 0 Å². The number of carbonyl (C=O) groups is 9. The second-order valence-corrected chi connectivity index (χ2v) is 12.5. The van der Waals surface area contributed by atoms with Crippen LogP contribution in [0, 0.1) is 17.8 Å². The van der Waals surface area contributed by atoms with Gasteiger partial charge in [-0.05, 0) is 80.2 Å². The Kier molecular flexibility index (Phi) is 44.3. The summed E-state index contributed by atoms with van der Waals surface area (Å²) in [6.45, 7) is 17.0. The number of unbranched alkanes of at least 4 members (excludes halogenated alkanes) is 1. The van der Waals surface area contributed by atoms with Crippen LogP contribution >= 0.6 is 0 Å². The monoisotopic (exact) mass is 779 g/mol. The van der Waals surface area contributed by atoms with Gasteiger partial charge in [0.1, 0.15) is 35.8 Å². The zero-order valence-electron chi connectivity index (χ0n) is 34.2. The van der Waals surface area contributed by atoms with Crippen molar-refractivity contribution in [2.75, 3.05) is 33.5 Å². The van der Waals surface area contributed by atoms with Crippen molar-refractivity contribution in [3.05, 3.63) is 0 Å². The molecular formula is C38H69NO15. The molecule has 0 aromatic carbocycles. The molecule has 5 N–H and O–H groups in total. The van der Waals surface area contributed by atoms with Crippen molar-refractivity contribution in [2.24, 2.45) is 17.8 Å². The zero-order valence-corrected chi connectivity index (χ0v) is 34.2. The fraction of sp³-hybridized carbons (Fsp3) is 0.763. The SMILES string of the molecule is CCC(CC(=O)O)C(C)=O.CCC(CC(C)=O)C(=O)O.CCC(CCC(=O)O)C(C)=O.CCCCOCCOCC(C)=O.CNC(CCC(C)=O)C(=O)O. The van der Waals surface area contributed by atoms with E-state index in [1.165, 1.54) is 34.6 Å². The van der Waals surface area contributed by atoms with Gasteiger partial charge < -0.3 is 44.8 Å². The van der Waals surface area contributed by atoms with Crippen LogP contribution in [0.3, 0.4) is 0 Å². The second-order valence-electron chi connectivity index (χ2n) is 12.5. The van der Waals surface area contributed by atoms with Crippen molar-refractivity contribution < 1.29 is 73.1 Å². The lowest BCUT2D eigenvalue weighted by atomic mass is 9.97. The van der Waals surface area contributed by atoms with Gasteiger partial charge in [0, 0.05) is 37.7 Å². The summed E-state index contributed by atoms with van der Waals surface area (Å²) < 4.78 is 10.2. The van der Waals surface area contributed by atoms with Crippen LogP contribution in [0.15, 0.2) is 0 Å². The first kappa shape index (κ1) is 59.4. The van der Waals surface area contributed by atoms with Crippen LogP contribution in [0.25, 0.3) is 0 Å². The number of carboxylic acids is 4. The van der Waals surface area contributed by atoms with Gasteiger partial charge in [-0.2, -0.15) is 0 Å². The van der Waals surface area contributed by atoms with Crippen molar-refractivity contribution in [1.29, 1.82) is 0 Å². The fourth-order valence-corrected chi connectivity index (χ4v) is 3.95. The fourth-order valence-electron chi connectivity index (χ4n) is 3.95. The third-order valence-electron chi connectivity index (χ3n) is 7.39.